The lowest BCUT2D eigenvalue weighted by Gasteiger charge is -2.22. The van der Waals surface area contributed by atoms with Crippen molar-refractivity contribution in [2.45, 2.75) is 52.2 Å². The van der Waals surface area contributed by atoms with Gasteiger partial charge in [0.1, 0.15) is 6.04 Å². The van der Waals surface area contributed by atoms with E-state index in [0.717, 1.165) is 12.1 Å². The number of hydrogen-bond acceptors (Lipinski definition) is 3. The number of nitrogens with zero attached hydrogens (tertiary/aromatic N) is 2. The van der Waals surface area contributed by atoms with Crippen molar-refractivity contribution in [2.75, 3.05) is 0 Å². The second-order valence-electron chi connectivity index (χ2n) is 4.63. The number of nitrogens with two attached hydrogens (primary N) is 1. The van der Waals surface area contributed by atoms with Gasteiger partial charge in [-0.15, -0.1) is 0 Å². The van der Waals surface area contributed by atoms with Gasteiger partial charge in [0.05, 0.1) is 18.2 Å². The number of hydrogen-bond donors (Lipinski definition) is 2. The van der Waals surface area contributed by atoms with E-state index in [2.05, 4.69) is 17.2 Å². The molecule has 2 unspecified atom stereocenters. The average molecular weight is 238 g/mol. The molecule has 96 valence electrons. The fourth-order valence-corrected chi connectivity index (χ4v) is 1.69. The molecule has 0 aliphatic carbocycles. The van der Waals surface area contributed by atoms with Crippen LogP contribution >= 0.6 is 0 Å². The van der Waals surface area contributed by atoms with E-state index in [1.54, 1.807) is 12.5 Å². The molecule has 0 saturated carbocycles. The Bertz CT molecular complexity index is 372. The van der Waals surface area contributed by atoms with Crippen LogP contribution in [0, 0.1) is 0 Å². The number of aromatic nitrogens is 2. The fourth-order valence-electron chi connectivity index (χ4n) is 1.69. The lowest BCUT2D eigenvalue weighted by atomic mass is 10.1. The van der Waals surface area contributed by atoms with Crippen LogP contribution in [0.4, 0.5) is 0 Å². The summed E-state index contributed by atoms with van der Waals surface area (Å²) in [5.74, 6) is -0.368. The summed E-state index contributed by atoms with van der Waals surface area (Å²) in [6.07, 6.45) is 4.37. The first-order chi connectivity index (χ1) is 7.97. The zero-order chi connectivity index (χ0) is 13.0. The first-order valence-corrected chi connectivity index (χ1v) is 6.04. The summed E-state index contributed by atoms with van der Waals surface area (Å²) in [6.45, 7) is 8.19. The van der Waals surface area contributed by atoms with Gasteiger partial charge in [0.25, 0.3) is 0 Å². The molecule has 1 aromatic heterocycles. The normalized spacial score (nSPS) is 14.9. The Labute approximate surface area is 102 Å². The summed E-state index contributed by atoms with van der Waals surface area (Å²) in [6, 6.07) is 0.0194. The van der Waals surface area contributed by atoms with Crippen molar-refractivity contribution in [3.63, 3.8) is 0 Å². The highest BCUT2D eigenvalue weighted by atomic mass is 16.1. The quantitative estimate of drug-likeness (QED) is 0.786. The average Bonchev–Trinajstić information content (AvgIpc) is 2.73. The van der Waals surface area contributed by atoms with Crippen molar-refractivity contribution in [3.8, 4) is 0 Å². The van der Waals surface area contributed by atoms with Crippen LogP contribution in [0.3, 0.4) is 0 Å². The van der Waals surface area contributed by atoms with Crippen LogP contribution in [0.15, 0.2) is 12.5 Å². The highest BCUT2D eigenvalue weighted by molar-refractivity contribution is 5.81. The third-order valence-corrected chi connectivity index (χ3v) is 2.90. The Morgan fingerprint density at radius 2 is 2.18 bits per heavy atom. The van der Waals surface area contributed by atoms with Crippen LogP contribution in [0.1, 0.15) is 51.9 Å². The second kappa shape index (κ2) is 5.82. The van der Waals surface area contributed by atoms with E-state index in [9.17, 15) is 4.79 Å². The predicted octanol–water partition coefficient (Wildman–Crippen LogP) is 1.38. The number of nitrogens with one attached hydrogen (secondary N) is 1. The maximum absolute atomic E-state index is 11.5. The largest absolute Gasteiger partial charge is 0.368 e. The van der Waals surface area contributed by atoms with Crippen LogP contribution in [0.2, 0.25) is 0 Å². The van der Waals surface area contributed by atoms with Gasteiger partial charge < -0.3 is 10.3 Å². The van der Waals surface area contributed by atoms with Gasteiger partial charge in [-0.1, -0.05) is 6.92 Å². The van der Waals surface area contributed by atoms with Crippen molar-refractivity contribution in [2.24, 2.45) is 5.73 Å². The standard InChI is InChI=1S/C12H22N4O/c1-5-9(4)15-11(12(13)17)10-6-14-7-16(10)8(2)3/h6-9,11,15H,5H2,1-4H3,(H2,13,17). The van der Waals surface area contributed by atoms with Crippen LogP contribution < -0.4 is 11.1 Å². The van der Waals surface area contributed by atoms with Crippen molar-refractivity contribution >= 4 is 5.91 Å². The third kappa shape index (κ3) is 3.30. The molecule has 0 radical (unpaired) electrons. The molecule has 1 aromatic rings. The maximum Gasteiger partial charge on any atom is 0.240 e. The number of carbonyl (C=O) groups is 1. The Morgan fingerprint density at radius 1 is 1.53 bits per heavy atom. The lowest BCUT2D eigenvalue weighted by Crippen LogP contribution is -2.39. The van der Waals surface area contributed by atoms with Gasteiger partial charge in [0, 0.05) is 12.1 Å². The Morgan fingerprint density at radius 3 is 2.65 bits per heavy atom. The highest BCUT2D eigenvalue weighted by Crippen LogP contribution is 2.17. The third-order valence-electron chi connectivity index (χ3n) is 2.90. The summed E-state index contributed by atoms with van der Waals surface area (Å²) in [7, 11) is 0. The first kappa shape index (κ1) is 13.7. The molecule has 3 N–H and O–H groups in total. The minimum atomic E-state index is -0.477. The summed E-state index contributed by atoms with van der Waals surface area (Å²) < 4.78 is 1.96. The van der Waals surface area contributed by atoms with Gasteiger partial charge in [-0.2, -0.15) is 0 Å². The monoisotopic (exact) mass is 238 g/mol. The van der Waals surface area contributed by atoms with Crippen LogP contribution in [0.25, 0.3) is 0 Å². The first-order valence-electron chi connectivity index (χ1n) is 6.04. The van der Waals surface area contributed by atoms with Crippen molar-refractivity contribution in [1.29, 1.82) is 0 Å². The molecule has 0 aromatic carbocycles. The van der Waals surface area contributed by atoms with Crippen LogP contribution in [-0.2, 0) is 4.79 Å². The minimum Gasteiger partial charge on any atom is -0.368 e. The molecule has 1 rings (SSSR count). The predicted molar refractivity (Wildman–Crippen MR) is 67.4 cm³/mol. The minimum absolute atomic E-state index is 0.239. The molecule has 0 bridgehead atoms. The van der Waals surface area contributed by atoms with E-state index in [4.69, 9.17) is 5.73 Å². The van der Waals surface area contributed by atoms with E-state index in [1.165, 1.54) is 0 Å². The zero-order valence-corrected chi connectivity index (χ0v) is 11.0. The van der Waals surface area contributed by atoms with Crippen molar-refractivity contribution < 1.29 is 4.79 Å². The van der Waals surface area contributed by atoms with Gasteiger partial charge in [-0.3, -0.25) is 10.1 Å². The SMILES string of the molecule is CCC(C)NC(C(N)=O)c1cncn1C(C)C. The number of imidazole rings is 1. The van der Waals surface area contributed by atoms with Gasteiger partial charge in [0.2, 0.25) is 5.91 Å². The van der Waals surface area contributed by atoms with E-state index in [1.807, 2.05) is 25.3 Å². The Balaban J connectivity index is 2.97. The topological polar surface area (TPSA) is 72.9 Å². The number of carbonyl (C=O) groups excluding carboxylic acids is 1. The molecule has 1 amide bonds. The molecule has 0 saturated heterocycles. The molecule has 0 aliphatic rings. The zero-order valence-electron chi connectivity index (χ0n) is 11.0. The van der Waals surface area contributed by atoms with E-state index in [-0.39, 0.29) is 18.0 Å². The summed E-state index contributed by atoms with van der Waals surface area (Å²) in [5, 5.41) is 3.23. The molecular weight excluding hydrogens is 216 g/mol. The van der Waals surface area contributed by atoms with Gasteiger partial charge >= 0.3 is 0 Å². The van der Waals surface area contributed by atoms with E-state index in [0.29, 0.717) is 0 Å². The number of rotatable bonds is 6. The second-order valence-corrected chi connectivity index (χ2v) is 4.63. The van der Waals surface area contributed by atoms with Crippen LogP contribution in [0.5, 0.6) is 0 Å². The van der Waals surface area contributed by atoms with E-state index >= 15 is 0 Å². The maximum atomic E-state index is 11.5. The molecule has 17 heavy (non-hydrogen) atoms. The van der Waals surface area contributed by atoms with Gasteiger partial charge in [-0.25, -0.2) is 4.98 Å². The summed E-state index contributed by atoms with van der Waals surface area (Å²) >= 11 is 0. The molecule has 0 aliphatic heterocycles. The molecule has 0 spiro atoms. The number of amides is 1. The molecule has 0 fully saturated rings. The summed E-state index contributed by atoms with van der Waals surface area (Å²) in [4.78, 5) is 15.6. The van der Waals surface area contributed by atoms with Crippen molar-refractivity contribution in [1.82, 2.24) is 14.9 Å². The lowest BCUT2D eigenvalue weighted by molar-refractivity contribution is -0.120. The molecule has 1 heterocycles. The fraction of sp³-hybridized carbons (Fsp3) is 0.667. The smallest absolute Gasteiger partial charge is 0.240 e. The van der Waals surface area contributed by atoms with E-state index < -0.39 is 6.04 Å². The van der Waals surface area contributed by atoms with Crippen LogP contribution in [-0.4, -0.2) is 21.5 Å². The molecule has 2 atom stereocenters. The highest BCUT2D eigenvalue weighted by Gasteiger charge is 2.23. The number of primary amides is 1. The molecular formula is C12H22N4O. The van der Waals surface area contributed by atoms with Crippen molar-refractivity contribution in [3.05, 3.63) is 18.2 Å². The van der Waals surface area contributed by atoms with Gasteiger partial charge in [0.15, 0.2) is 0 Å². The molecule has 5 nitrogen and oxygen atoms in total. The summed E-state index contributed by atoms with van der Waals surface area (Å²) in [5.41, 5.74) is 6.28. The Hall–Kier alpha value is -1.36. The molecule has 5 heteroatoms. The van der Waals surface area contributed by atoms with Gasteiger partial charge in [-0.05, 0) is 27.2 Å². The Kier molecular flexibility index (Phi) is 4.69.